The lowest BCUT2D eigenvalue weighted by atomic mass is 10.0. The number of hydrogen-bond donors (Lipinski definition) is 4. The first-order chi connectivity index (χ1) is 18.5. The number of carbonyl (C=O) groups is 1. The lowest BCUT2D eigenvalue weighted by molar-refractivity contribution is -0.123. The van der Waals surface area contributed by atoms with Crippen molar-refractivity contribution in [2.75, 3.05) is 6.61 Å². The van der Waals surface area contributed by atoms with Crippen LogP contribution >= 0.6 is 0 Å². The van der Waals surface area contributed by atoms with E-state index in [1.165, 1.54) is 115 Å². The summed E-state index contributed by atoms with van der Waals surface area (Å²) in [5.74, 6) is -0.130. The Morgan fingerprint density at radius 1 is 0.605 bits per heavy atom. The van der Waals surface area contributed by atoms with Crippen molar-refractivity contribution in [2.24, 2.45) is 0 Å². The van der Waals surface area contributed by atoms with Gasteiger partial charge in [0.2, 0.25) is 5.91 Å². The van der Waals surface area contributed by atoms with E-state index in [-0.39, 0.29) is 12.5 Å². The quantitative estimate of drug-likeness (QED) is 0.0570. The highest BCUT2D eigenvalue weighted by atomic mass is 16.3. The third-order valence-electron chi connectivity index (χ3n) is 7.60. The zero-order valence-corrected chi connectivity index (χ0v) is 25.3. The first-order valence-electron chi connectivity index (χ1n) is 16.5. The van der Waals surface area contributed by atoms with Crippen molar-refractivity contribution >= 4 is 5.91 Å². The largest absolute Gasteiger partial charge is 0.394 e. The SMILES string of the molecule is CCCCCCCCCCCCCCC(=O)NC(CO)C(O)C=CC(O)CCCCCCCCCCCC. The van der Waals surface area contributed by atoms with Gasteiger partial charge >= 0.3 is 0 Å². The highest BCUT2D eigenvalue weighted by Crippen LogP contribution is 2.14. The smallest absolute Gasteiger partial charge is 0.220 e. The number of amides is 1. The van der Waals surface area contributed by atoms with E-state index in [4.69, 9.17) is 0 Å². The number of hydrogen-bond acceptors (Lipinski definition) is 4. The van der Waals surface area contributed by atoms with Gasteiger partial charge in [0.15, 0.2) is 0 Å². The Bertz CT molecular complexity index is 525. The van der Waals surface area contributed by atoms with Crippen LogP contribution < -0.4 is 5.32 Å². The summed E-state index contributed by atoms with van der Waals surface area (Å²) in [5, 5.41) is 32.9. The Morgan fingerprint density at radius 3 is 1.42 bits per heavy atom. The van der Waals surface area contributed by atoms with E-state index in [0.717, 1.165) is 32.1 Å². The summed E-state index contributed by atoms with van der Waals surface area (Å²) in [6.07, 6.45) is 30.2. The molecule has 0 aliphatic rings. The molecule has 0 aromatic rings. The molecule has 0 fully saturated rings. The van der Waals surface area contributed by atoms with Crippen molar-refractivity contribution in [1.82, 2.24) is 5.32 Å². The molecule has 1 amide bonds. The molecule has 0 aromatic heterocycles. The molecular formula is C33H65NO4. The average Bonchev–Trinajstić information content (AvgIpc) is 2.92. The summed E-state index contributed by atoms with van der Waals surface area (Å²) in [4.78, 5) is 12.2. The van der Waals surface area contributed by atoms with Crippen molar-refractivity contribution in [3.63, 3.8) is 0 Å². The Hall–Kier alpha value is -0.910. The number of rotatable bonds is 29. The second-order valence-corrected chi connectivity index (χ2v) is 11.4. The first-order valence-corrected chi connectivity index (χ1v) is 16.5. The minimum atomic E-state index is -1.01. The van der Waals surface area contributed by atoms with Crippen LogP contribution in [-0.2, 0) is 4.79 Å². The van der Waals surface area contributed by atoms with Crippen LogP contribution in [0.5, 0.6) is 0 Å². The third-order valence-corrected chi connectivity index (χ3v) is 7.60. The van der Waals surface area contributed by atoms with E-state index in [2.05, 4.69) is 19.2 Å². The van der Waals surface area contributed by atoms with Gasteiger partial charge in [-0.2, -0.15) is 0 Å². The topological polar surface area (TPSA) is 89.8 Å². The lowest BCUT2D eigenvalue weighted by Gasteiger charge is -2.20. The van der Waals surface area contributed by atoms with Gasteiger partial charge in [0, 0.05) is 6.42 Å². The summed E-state index contributed by atoms with van der Waals surface area (Å²) in [6, 6.07) is -0.736. The van der Waals surface area contributed by atoms with Crippen LogP contribution in [0.3, 0.4) is 0 Å². The van der Waals surface area contributed by atoms with Gasteiger partial charge in [0.05, 0.1) is 24.9 Å². The molecule has 226 valence electrons. The second kappa shape index (κ2) is 29.1. The molecule has 5 heteroatoms. The van der Waals surface area contributed by atoms with Crippen molar-refractivity contribution in [3.05, 3.63) is 12.2 Å². The Balaban J connectivity index is 3.79. The van der Waals surface area contributed by atoms with Crippen LogP contribution in [-0.4, -0.2) is 46.1 Å². The number of carbonyl (C=O) groups excluding carboxylic acids is 1. The maximum Gasteiger partial charge on any atom is 0.220 e. The van der Waals surface area contributed by atoms with Crippen LogP contribution in [0, 0.1) is 0 Å². The molecular weight excluding hydrogens is 474 g/mol. The zero-order valence-electron chi connectivity index (χ0n) is 25.3. The van der Waals surface area contributed by atoms with Crippen LogP contribution in [0.15, 0.2) is 12.2 Å². The molecule has 0 rings (SSSR count). The molecule has 38 heavy (non-hydrogen) atoms. The van der Waals surface area contributed by atoms with Gasteiger partial charge < -0.3 is 20.6 Å². The standard InChI is InChI=1S/C33H65NO4/c1-3-5-7-9-11-13-15-16-18-20-22-24-26-33(38)34-31(29-35)32(37)28-27-30(36)25-23-21-19-17-14-12-10-8-6-4-2/h27-28,30-32,35-37H,3-26,29H2,1-2H3,(H,34,38). The van der Waals surface area contributed by atoms with Crippen LogP contribution in [0.25, 0.3) is 0 Å². The highest BCUT2D eigenvalue weighted by Gasteiger charge is 2.18. The summed E-state index contributed by atoms with van der Waals surface area (Å²) < 4.78 is 0. The normalized spacial score (nSPS) is 14.1. The zero-order chi connectivity index (χ0) is 28.1. The molecule has 3 unspecified atom stereocenters. The summed E-state index contributed by atoms with van der Waals surface area (Å²) >= 11 is 0. The predicted molar refractivity (Wildman–Crippen MR) is 162 cm³/mol. The summed E-state index contributed by atoms with van der Waals surface area (Å²) in [5.41, 5.74) is 0. The fraction of sp³-hybridized carbons (Fsp3) is 0.909. The maximum absolute atomic E-state index is 12.2. The minimum absolute atomic E-state index is 0.130. The fourth-order valence-corrected chi connectivity index (χ4v) is 4.96. The number of aliphatic hydroxyl groups excluding tert-OH is 3. The Labute approximate surface area is 236 Å². The van der Waals surface area contributed by atoms with Crippen molar-refractivity contribution in [1.29, 1.82) is 0 Å². The Kier molecular flexibility index (Phi) is 28.4. The van der Waals surface area contributed by atoms with Gasteiger partial charge in [0.25, 0.3) is 0 Å². The lowest BCUT2D eigenvalue weighted by Crippen LogP contribution is -2.45. The number of unbranched alkanes of at least 4 members (excludes halogenated alkanes) is 20. The van der Waals surface area contributed by atoms with Crippen molar-refractivity contribution < 1.29 is 20.1 Å². The molecule has 0 bridgehead atoms. The molecule has 0 radical (unpaired) electrons. The van der Waals surface area contributed by atoms with Crippen LogP contribution in [0.4, 0.5) is 0 Å². The van der Waals surface area contributed by atoms with E-state index in [1.807, 2.05) is 0 Å². The molecule has 0 spiro atoms. The fourth-order valence-electron chi connectivity index (χ4n) is 4.96. The van der Waals surface area contributed by atoms with Crippen LogP contribution in [0.1, 0.15) is 168 Å². The average molecular weight is 540 g/mol. The third kappa shape index (κ3) is 25.4. The molecule has 0 aliphatic heterocycles. The van der Waals surface area contributed by atoms with Crippen LogP contribution in [0.2, 0.25) is 0 Å². The molecule has 0 heterocycles. The maximum atomic E-state index is 12.2. The van der Waals surface area contributed by atoms with Gasteiger partial charge in [-0.1, -0.05) is 161 Å². The molecule has 4 N–H and O–H groups in total. The minimum Gasteiger partial charge on any atom is -0.394 e. The molecule has 0 aromatic carbocycles. The summed E-state index contributed by atoms with van der Waals surface area (Å²) in [6.45, 7) is 4.17. The van der Waals surface area contributed by atoms with Crippen molar-refractivity contribution in [2.45, 2.75) is 186 Å². The monoisotopic (exact) mass is 539 g/mol. The molecule has 0 aliphatic carbocycles. The van der Waals surface area contributed by atoms with E-state index in [9.17, 15) is 20.1 Å². The van der Waals surface area contributed by atoms with Gasteiger partial charge in [-0.25, -0.2) is 0 Å². The van der Waals surface area contributed by atoms with Gasteiger partial charge in [-0.15, -0.1) is 0 Å². The highest BCUT2D eigenvalue weighted by molar-refractivity contribution is 5.76. The molecule has 0 saturated heterocycles. The number of aliphatic hydroxyl groups is 3. The molecule has 3 atom stereocenters. The molecule has 5 nitrogen and oxygen atoms in total. The molecule has 0 saturated carbocycles. The van der Waals surface area contributed by atoms with Crippen molar-refractivity contribution in [3.8, 4) is 0 Å². The van der Waals surface area contributed by atoms with Gasteiger partial charge in [-0.05, 0) is 12.8 Å². The van der Waals surface area contributed by atoms with E-state index < -0.39 is 18.2 Å². The van der Waals surface area contributed by atoms with E-state index in [0.29, 0.717) is 12.8 Å². The summed E-state index contributed by atoms with van der Waals surface area (Å²) in [7, 11) is 0. The van der Waals surface area contributed by atoms with Gasteiger partial charge in [0.1, 0.15) is 0 Å². The first kappa shape index (κ1) is 37.1. The predicted octanol–water partition coefficient (Wildman–Crippen LogP) is 8.14. The Morgan fingerprint density at radius 2 is 1.00 bits per heavy atom. The van der Waals surface area contributed by atoms with Gasteiger partial charge in [-0.3, -0.25) is 4.79 Å². The van der Waals surface area contributed by atoms with E-state index >= 15 is 0 Å². The number of nitrogens with one attached hydrogen (secondary N) is 1. The van der Waals surface area contributed by atoms with E-state index in [1.54, 1.807) is 6.08 Å². The second-order valence-electron chi connectivity index (χ2n) is 11.4.